The third-order valence-corrected chi connectivity index (χ3v) is 3.38. The minimum Gasteiger partial charge on any atom is -0.493 e. The second-order valence-corrected chi connectivity index (χ2v) is 4.73. The van der Waals surface area contributed by atoms with Crippen molar-refractivity contribution >= 4 is 27.5 Å². The molecule has 3 heteroatoms. The lowest BCUT2D eigenvalue weighted by atomic mass is 10.2. The minimum absolute atomic E-state index is 0.733. The van der Waals surface area contributed by atoms with Crippen LogP contribution in [0.4, 0.5) is 0 Å². The highest BCUT2D eigenvalue weighted by Crippen LogP contribution is 2.28. The van der Waals surface area contributed by atoms with Crippen LogP contribution >= 0.6 is 27.5 Å². The number of unbranched alkanes of at least 4 members (excludes halogenated alkanes) is 3. The number of hydrogen-bond acceptors (Lipinski definition) is 1. The van der Waals surface area contributed by atoms with Crippen LogP contribution in [0, 0.1) is 0 Å². The average molecular weight is 306 g/mol. The van der Waals surface area contributed by atoms with Gasteiger partial charge >= 0.3 is 0 Å². The predicted molar refractivity (Wildman–Crippen MR) is 73.7 cm³/mol. The lowest BCUT2D eigenvalue weighted by Gasteiger charge is -2.10. The maximum Gasteiger partial charge on any atom is 0.124 e. The van der Waals surface area contributed by atoms with E-state index in [1.807, 2.05) is 18.2 Å². The van der Waals surface area contributed by atoms with E-state index < -0.39 is 0 Å². The van der Waals surface area contributed by atoms with Crippen LogP contribution < -0.4 is 4.74 Å². The average Bonchev–Trinajstić information content (AvgIpc) is 2.29. The third kappa shape index (κ3) is 4.34. The summed E-state index contributed by atoms with van der Waals surface area (Å²) in [6.07, 6.45) is 4.89. The Morgan fingerprint density at radius 1 is 1.25 bits per heavy atom. The Kier molecular flexibility index (Phi) is 6.90. The normalized spacial score (nSPS) is 10.4. The van der Waals surface area contributed by atoms with Gasteiger partial charge in [-0.25, -0.2) is 0 Å². The second-order valence-electron chi connectivity index (χ2n) is 3.76. The highest BCUT2D eigenvalue weighted by Gasteiger charge is 2.06. The van der Waals surface area contributed by atoms with Crippen LogP contribution in [0.15, 0.2) is 18.2 Å². The molecule has 1 rings (SSSR count). The molecule has 0 saturated heterocycles. The van der Waals surface area contributed by atoms with Crippen LogP contribution in [0.1, 0.15) is 38.2 Å². The van der Waals surface area contributed by atoms with Crippen molar-refractivity contribution in [1.82, 2.24) is 0 Å². The molecule has 1 aromatic carbocycles. The van der Waals surface area contributed by atoms with Crippen LogP contribution in [0.25, 0.3) is 0 Å². The topological polar surface area (TPSA) is 9.23 Å². The molecule has 1 nitrogen and oxygen atoms in total. The summed E-state index contributed by atoms with van der Waals surface area (Å²) < 4.78 is 5.74. The highest BCUT2D eigenvalue weighted by molar-refractivity contribution is 9.08. The highest BCUT2D eigenvalue weighted by atomic mass is 79.9. The van der Waals surface area contributed by atoms with Gasteiger partial charge in [0, 0.05) is 15.9 Å². The maximum absolute atomic E-state index is 6.08. The quantitative estimate of drug-likeness (QED) is 0.497. The van der Waals surface area contributed by atoms with Crippen molar-refractivity contribution in [3.8, 4) is 5.75 Å². The standard InChI is InChI=1S/C13H18BrClO/c1-2-3-4-5-9-16-13-8-6-7-12(15)11(13)10-14/h6-8H,2-5,9-10H2,1H3. The summed E-state index contributed by atoms with van der Waals surface area (Å²) in [6.45, 7) is 2.99. The molecular weight excluding hydrogens is 287 g/mol. The first-order valence-corrected chi connectivity index (χ1v) is 7.25. The molecule has 0 aliphatic heterocycles. The molecule has 0 unspecified atom stereocenters. The summed E-state index contributed by atoms with van der Waals surface area (Å²) in [5.74, 6) is 0.904. The molecule has 0 aromatic heterocycles. The van der Waals surface area contributed by atoms with Crippen molar-refractivity contribution in [2.24, 2.45) is 0 Å². The van der Waals surface area contributed by atoms with Crippen molar-refractivity contribution in [1.29, 1.82) is 0 Å². The van der Waals surface area contributed by atoms with Gasteiger partial charge in [-0.05, 0) is 18.6 Å². The predicted octanol–water partition coefficient (Wildman–Crippen LogP) is 5.19. The Bertz CT molecular complexity index is 315. The molecule has 0 aliphatic carbocycles. The molecule has 0 radical (unpaired) electrons. The van der Waals surface area contributed by atoms with E-state index in [4.69, 9.17) is 16.3 Å². The Hall–Kier alpha value is -0.210. The third-order valence-electron chi connectivity index (χ3n) is 2.46. The lowest BCUT2D eigenvalue weighted by Crippen LogP contribution is -1.99. The number of alkyl halides is 1. The molecule has 0 aliphatic rings. The largest absolute Gasteiger partial charge is 0.493 e. The van der Waals surface area contributed by atoms with Crippen molar-refractivity contribution in [2.75, 3.05) is 6.61 Å². The van der Waals surface area contributed by atoms with Gasteiger partial charge in [-0.1, -0.05) is 59.8 Å². The van der Waals surface area contributed by atoms with Gasteiger partial charge in [-0.3, -0.25) is 0 Å². The lowest BCUT2D eigenvalue weighted by molar-refractivity contribution is 0.303. The smallest absolute Gasteiger partial charge is 0.124 e. The van der Waals surface area contributed by atoms with E-state index in [-0.39, 0.29) is 0 Å². The van der Waals surface area contributed by atoms with E-state index in [2.05, 4.69) is 22.9 Å². The van der Waals surface area contributed by atoms with E-state index in [0.29, 0.717) is 0 Å². The van der Waals surface area contributed by atoms with Crippen LogP contribution in [-0.4, -0.2) is 6.61 Å². The van der Waals surface area contributed by atoms with Gasteiger partial charge in [-0.2, -0.15) is 0 Å². The summed E-state index contributed by atoms with van der Waals surface area (Å²) in [6, 6.07) is 5.79. The molecule has 0 fully saturated rings. The fourth-order valence-electron chi connectivity index (χ4n) is 1.51. The molecule has 0 amide bonds. The van der Waals surface area contributed by atoms with E-state index >= 15 is 0 Å². The van der Waals surface area contributed by atoms with Crippen molar-refractivity contribution in [3.05, 3.63) is 28.8 Å². The zero-order valence-electron chi connectivity index (χ0n) is 9.64. The number of hydrogen-bond donors (Lipinski definition) is 0. The molecule has 90 valence electrons. The Balaban J connectivity index is 2.44. The van der Waals surface area contributed by atoms with Gasteiger partial charge in [0.2, 0.25) is 0 Å². The fourth-order valence-corrected chi connectivity index (χ4v) is 2.49. The first kappa shape index (κ1) is 13.9. The van der Waals surface area contributed by atoms with Crippen LogP contribution in [0.3, 0.4) is 0 Å². The Morgan fingerprint density at radius 2 is 2.06 bits per heavy atom. The van der Waals surface area contributed by atoms with Crippen LogP contribution in [0.2, 0.25) is 5.02 Å². The summed E-state index contributed by atoms with van der Waals surface area (Å²) in [7, 11) is 0. The molecule has 0 atom stereocenters. The number of benzene rings is 1. The number of halogens is 2. The molecule has 0 N–H and O–H groups in total. The summed E-state index contributed by atoms with van der Waals surface area (Å²) in [5, 5.41) is 1.50. The van der Waals surface area contributed by atoms with Crippen molar-refractivity contribution < 1.29 is 4.74 Å². The van der Waals surface area contributed by atoms with Crippen molar-refractivity contribution in [3.63, 3.8) is 0 Å². The van der Waals surface area contributed by atoms with Gasteiger partial charge in [0.15, 0.2) is 0 Å². The zero-order valence-corrected chi connectivity index (χ0v) is 12.0. The number of rotatable bonds is 7. The van der Waals surface area contributed by atoms with Crippen LogP contribution in [-0.2, 0) is 5.33 Å². The first-order chi connectivity index (χ1) is 7.79. The van der Waals surface area contributed by atoms with E-state index in [1.54, 1.807) is 0 Å². The number of ether oxygens (including phenoxy) is 1. The molecule has 0 saturated carbocycles. The SMILES string of the molecule is CCCCCCOc1cccc(Cl)c1CBr. The van der Waals surface area contributed by atoms with Gasteiger partial charge in [0.1, 0.15) is 5.75 Å². The molecular formula is C13H18BrClO. The van der Waals surface area contributed by atoms with Crippen molar-refractivity contribution in [2.45, 2.75) is 37.9 Å². The van der Waals surface area contributed by atoms with E-state index in [9.17, 15) is 0 Å². The molecule has 0 bridgehead atoms. The maximum atomic E-state index is 6.08. The summed E-state index contributed by atoms with van der Waals surface area (Å²) in [4.78, 5) is 0. The van der Waals surface area contributed by atoms with Crippen LogP contribution in [0.5, 0.6) is 5.75 Å². The Labute approximate surface area is 111 Å². The fraction of sp³-hybridized carbons (Fsp3) is 0.538. The monoisotopic (exact) mass is 304 g/mol. The summed E-state index contributed by atoms with van der Waals surface area (Å²) in [5.41, 5.74) is 1.04. The molecule has 16 heavy (non-hydrogen) atoms. The molecule has 0 heterocycles. The van der Waals surface area contributed by atoms with E-state index in [1.165, 1.54) is 19.3 Å². The van der Waals surface area contributed by atoms with Gasteiger partial charge in [0.05, 0.1) is 6.61 Å². The van der Waals surface area contributed by atoms with Gasteiger partial charge in [0.25, 0.3) is 0 Å². The zero-order chi connectivity index (χ0) is 11.8. The minimum atomic E-state index is 0.733. The molecule has 0 spiro atoms. The van der Waals surface area contributed by atoms with Gasteiger partial charge in [-0.15, -0.1) is 0 Å². The molecule has 1 aromatic rings. The second kappa shape index (κ2) is 7.97. The first-order valence-electron chi connectivity index (χ1n) is 5.75. The summed E-state index contributed by atoms with van der Waals surface area (Å²) >= 11 is 9.51. The Morgan fingerprint density at radius 3 is 2.75 bits per heavy atom. The van der Waals surface area contributed by atoms with E-state index in [0.717, 1.165) is 34.7 Å². The van der Waals surface area contributed by atoms with Gasteiger partial charge < -0.3 is 4.74 Å².